The molecule has 0 atom stereocenters. The average Bonchev–Trinajstić information content (AvgIpc) is 2.46. The Labute approximate surface area is 128 Å². The van der Waals surface area contributed by atoms with E-state index in [1.807, 2.05) is 0 Å². The van der Waals surface area contributed by atoms with Crippen LogP contribution < -0.4 is 0 Å². The molecule has 0 fully saturated rings. The van der Waals surface area contributed by atoms with Crippen LogP contribution in [0.15, 0.2) is 18.2 Å². The summed E-state index contributed by atoms with van der Waals surface area (Å²) >= 11 is 5.82. The maximum atomic E-state index is 12.1. The number of ketones is 1. The minimum atomic E-state index is -0.619. The van der Waals surface area contributed by atoms with Gasteiger partial charge in [0, 0.05) is 23.4 Å². The van der Waals surface area contributed by atoms with Crippen LogP contribution in [-0.4, -0.2) is 31.4 Å². The zero-order chi connectivity index (χ0) is 15.8. The zero-order valence-corrected chi connectivity index (χ0v) is 12.7. The second-order valence-electron chi connectivity index (χ2n) is 4.26. The standard InChI is InChI=1S/C15H17ClO5/c1-3-21-14(18)6-4-5-13(17)11-8-7-10(16)9-12(11)15(19)20-2/h7-9H,3-6H2,1-2H3. The number of carbonyl (C=O) groups is 3. The van der Waals surface area contributed by atoms with Gasteiger partial charge in [-0.15, -0.1) is 0 Å². The molecule has 0 aromatic heterocycles. The first-order chi connectivity index (χ1) is 9.99. The smallest absolute Gasteiger partial charge is 0.338 e. The van der Waals surface area contributed by atoms with E-state index in [0.29, 0.717) is 18.1 Å². The van der Waals surface area contributed by atoms with Gasteiger partial charge in [-0.1, -0.05) is 11.6 Å². The van der Waals surface area contributed by atoms with Crippen molar-refractivity contribution in [3.63, 3.8) is 0 Å². The molecule has 1 rings (SSSR count). The Balaban J connectivity index is 2.74. The lowest BCUT2D eigenvalue weighted by Crippen LogP contribution is -2.11. The van der Waals surface area contributed by atoms with Crippen molar-refractivity contribution in [2.75, 3.05) is 13.7 Å². The van der Waals surface area contributed by atoms with E-state index in [2.05, 4.69) is 4.74 Å². The molecule has 0 radical (unpaired) electrons. The topological polar surface area (TPSA) is 69.7 Å². The van der Waals surface area contributed by atoms with Crippen LogP contribution in [0.2, 0.25) is 5.02 Å². The van der Waals surface area contributed by atoms with E-state index >= 15 is 0 Å². The molecule has 1 aromatic carbocycles. The molecule has 0 N–H and O–H groups in total. The Morgan fingerprint density at radius 2 is 1.86 bits per heavy atom. The van der Waals surface area contributed by atoms with Crippen LogP contribution in [0.1, 0.15) is 46.9 Å². The van der Waals surface area contributed by atoms with Gasteiger partial charge in [0.1, 0.15) is 0 Å². The number of methoxy groups -OCH3 is 1. The fraction of sp³-hybridized carbons (Fsp3) is 0.400. The molecule has 0 unspecified atom stereocenters. The molecule has 0 saturated heterocycles. The molecule has 0 bridgehead atoms. The van der Waals surface area contributed by atoms with E-state index in [9.17, 15) is 14.4 Å². The number of rotatable bonds is 7. The third-order valence-electron chi connectivity index (χ3n) is 2.78. The molecule has 0 saturated carbocycles. The predicted octanol–water partition coefficient (Wildman–Crippen LogP) is 3.04. The van der Waals surface area contributed by atoms with Gasteiger partial charge >= 0.3 is 11.9 Å². The van der Waals surface area contributed by atoms with Crippen LogP contribution in [0.3, 0.4) is 0 Å². The largest absolute Gasteiger partial charge is 0.466 e. The van der Waals surface area contributed by atoms with Gasteiger partial charge in [0.15, 0.2) is 5.78 Å². The monoisotopic (exact) mass is 312 g/mol. The van der Waals surface area contributed by atoms with E-state index in [1.165, 1.54) is 25.3 Å². The molecule has 0 spiro atoms. The van der Waals surface area contributed by atoms with Crippen molar-refractivity contribution in [3.8, 4) is 0 Å². The van der Waals surface area contributed by atoms with Gasteiger partial charge < -0.3 is 9.47 Å². The Hall–Kier alpha value is -1.88. The quantitative estimate of drug-likeness (QED) is 0.571. The number of ether oxygens (including phenoxy) is 2. The summed E-state index contributed by atoms with van der Waals surface area (Å²) in [4.78, 5) is 35.0. The summed E-state index contributed by atoms with van der Waals surface area (Å²) in [5.74, 6) is -1.20. The van der Waals surface area contributed by atoms with Crippen molar-refractivity contribution in [2.45, 2.75) is 26.2 Å². The molecule has 1 aromatic rings. The van der Waals surface area contributed by atoms with E-state index in [0.717, 1.165) is 0 Å². The fourth-order valence-electron chi connectivity index (χ4n) is 1.80. The molecule has 5 nitrogen and oxygen atoms in total. The third-order valence-corrected chi connectivity index (χ3v) is 3.01. The van der Waals surface area contributed by atoms with Crippen LogP contribution in [-0.2, 0) is 14.3 Å². The van der Waals surface area contributed by atoms with Crippen molar-refractivity contribution >= 4 is 29.3 Å². The number of hydrogen-bond donors (Lipinski definition) is 0. The first-order valence-corrected chi connectivity index (χ1v) is 6.94. The lowest BCUT2D eigenvalue weighted by Gasteiger charge is -2.07. The normalized spacial score (nSPS) is 10.0. The summed E-state index contributed by atoms with van der Waals surface area (Å²) in [5, 5.41) is 0.346. The summed E-state index contributed by atoms with van der Waals surface area (Å²) in [7, 11) is 1.23. The minimum Gasteiger partial charge on any atom is -0.466 e. The van der Waals surface area contributed by atoms with Crippen LogP contribution in [0.5, 0.6) is 0 Å². The van der Waals surface area contributed by atoms with Crippen LogP contribution >= 0.6 is 11.6 Å². The average molecular weight is 313 g/mol. The van der Waals surface area contributed by atoms with Crippen molar-refractivity contribution < 1.29 is 23.9 Å². The number of hydrogen-bond acceptors (Lipinski definition) is 5. The maximum absolute atomic E-state index is 12.1. The molecule has 0 aliphatic carbocycles. The summed E-state index contributed by atoms with van der Waals surface area (Å²) in [5.41, 5.74) is 0.376. The molecular weight excluding hydrogens is 296 g/mol. The van der Waals surface area contributed by atoms with E-state index in [1.54, 1.807) is 6.92 Å². The Kier molecular flexibility index (Phi) is 6.88. The molecule has 0 amide bonds. The van der Waals surface area contributed by atoms with Crippen molar-refractivity contribution in [3.05, 3.63) is 34.3 Å². The van der Waals surface area contributed by atoms with E-state index in [4.69, 9.17) is 16.3 Å². The SMILES string of the molecule is CCOC(=O)CCCC(=O)c1ccc(Cl)cc1C(=O)OC. The number of benzene rings is 1. The zero-order valence-electron chi connectivity index (χ0n) is 12.0. The number of carbonyl (C=O) groups excluding carboxylic acids is 3. The highest BCUT2D eigenvalue weighted by atomic mass is 35.5. The first-order valence-electron chi connectivity index (χ1n) is 6.56. The second-order valence-corrected chi connectivity index (χ2v) is 4.70. The number of esters is 2. The van der Waals surface area contributed by atoms with Gasteiger partial charge in [-0.25, -0.2) is 4.79 Å². The Bertz CT molecular complexity index is 539. The van der Waals surface area contributed by atoms with Crippen LogP contribution in [0, 0.1) is 0 Å². The first kappa shape index (κ1) is 17.2. The Morgan fingerprint density at radius 3 is 2.48 bits per heavy atom. The lowest BCUT2D eigenvalue weighted by atomic mass is 10.00. The van der Waals surface area contributed by atoms with Crippen molar-refractivity contribution in [1.82, 2.24) is 0 Å². The summed E-state index contributed by atoms with van der Waals surface area (Å²) in [6, 6.07) is 4.42. The van der Waals surface area contributed by atoms with Gasteiger partial charge in [0.2, 0.25) is 0 Å². The summed E-state index contributed by atoms with van der Waals surface area (Å²) in [6.07, 6.45) is 0.673. The highest BCUT2D eigenvalue weighted by Gasteiger charge is 2.18. The fourth-order valence-corrected chi connectivity index (χ4v) is 1.97. The Morgan fingerprint density at radius 1 is 1.14 bits per heavy atom. The molecular formula is C15H17ClO5. The highest BCUT2D eigenvalue weighted by molar-refractivity contribution is 6.31. The summed E-state index contributed by atoms with van der Waals surface area (Å²) in [6.45, 7) is 2.04. The molecule has 0 aliphatic rings. The van der Waals surface area contributed by atoms with Gasteiger partial charge in [0.05, 0.1) is 19.3 Å². The van der Waals surface area contributed by atoms with Crippen LogP contribution in [0.25, 0.3) is 0 Å². The lowest BCUT2D eigenvalue weighted by molar-refractivity contribution is -0.143. The van der Waals surface area contributed by atoms with Gasteiger partial charge in [0.25, 0.3) is 0 Å². The van der Waals surface area contributed by atoms with Crippen LogP contribution in [0.4, 0.5) is 0 Å². The molecule has 114 valence electrons. The molecule has 6 heteroatoms. The molecule has 0 aliphatic heterocycles. The molecule has 0 heterocycles. The highest BCUT2D eigenvalue weighted by Crippen LogP contribution is 2.19. The van der Waals surface area contributed by atoms with E-state index in [-0.39, 0.29) is 35.7 Å². The van der Waals surface area contributed by atoms with E-state index < -0.39 is 5.97 Å². The maximum Gasteiger partial charge on any atom is 0.338 e. The number of Topliss-reactive ketones (excluding diaryl/α,β-unsaturated/α-hetero) is 1. The summed E-state index contributed by atoms with van der Waals surface area (Å²) < 4.78 is 9.42. The van der Waals surface area contributed by atoms with Gasteiger partial charge in [-0.05, 0) is 31.5 Å². The predicted molar refractivity (Wildman–Crippen MR) is 77.6 cm³/mol. The van der Waals surface area contributed by atoms with Gasteiger partial charge in [-0.2, -0.15) is 0 Å². The van der Waals surface area contributed by atoms with Gasteiger partial charge in [-0.3, -0.25) is 9.59 Å². The van der Waals surface area contributed by atoms with Crippen molar-refractivity contribution in [1.29, 1.82) is 0 Å². The minimum absolute atomic E-state index is 0.131. The van der Waals surface area contributed by atoms with Crippen molar-refractivity contribution in [2.24, 2.45) is 0 Å². The third kappa shape index (κ3) is 5.19. The molecule has 21 heavy (non-hydrogen) atoms. The number of halogens is 1. The second kappa shape index (κ2) is 8.42.